The number of carbonyl (C=O) groups is 3. The highest BCUT2D eigenvalue weighted by Gasteiger charge is 2.62. The number of hydrogen-bond donors (Lipinski definition) is 1. The number of β-lactam (4-membered cyclic amide) rings is 1. The zero-order chi connectivity index (χ0) is 24.0. The van der Waals surface area contributed by atoms with Crippen molar-refractivity contribution < 1.29 is 19.1 Å². The molecule has 0 aliphatic carbocycles. The number of nitrogens with one attached hydrogen (secondary N) is 1. The van der Waals surface area contributed by atoms with Crippen LogP contribution in [-0.2, 0) is 11.2 Å². The minimum absolute atomic E-state index is 0.220. The Morgan fingerprint density at radius 3 is 2.24 bits per heavy atom. The maximum Gasteiger partial charge on any atom is 0.327 e. The molecule has 7 heteroatoms. The molecule has 1 saturated heterocycles. The molecule has 3 amide bonds. The molecule has 0 radical (unpaired) electrons. The van der Waals surface area contributed by atoms with E-state index in [4.69, 9.17) is 16.3 Å². The fourth-order valence-electron chi connectivity index (χ4n) is 4.18. The Morgan fingerprint density at radius 1 is 1.03 bits per heavy atom. The van der Waals surface area contributed by atoms with Gasteiger partial charge in [-0.15, -0.1) is 0 Å². The van der Waals surface area contributed by atoms with Crippen molar-refractivity contribution in [2.45, 2.75) is 59.1 Å². The van der Waals surface area contributed by atoms with Gasteiger partial charge in [0.2, 0.25) is 5.91 Å². The highest BCUT2D eigenvalue weighted by Crippen LogP contribution is 2.46. The monoisotopic (exact) mass is 470 g/mol. The van der Waals surface area contributed by atoms with Crippen LogP contribution in [0.1, 0.15) is 61.0 Å². The third-order valence-electron chi connectivity index (χ3n) is 6.45. The molecule has 176 valence electrons. The number of halogens is 1. The third-order valence-corrected chi connectivity index (χ3v) is 6.67. The van der Waals surface area contributed by atoms with Gasteiger partial charge in [-0.25, -0.2) is 9.69 Å². The van der Waals surface area contributed by atoms with Gasteiger partial charge in [0.15, 0.2) is 6.23 Å². The van der Waals surface area contributed by atoms with E-state index in [1.807, 2.05) is 13.8 Å². The summed E-state index contributed by atoms with van der Waals surface area (Å²) < 4.78 is 6.07. The molecule has 2 aromatic rings. The van der Waals surface area contributed by atoms with Gasteiger partial charge >= 0.3 is 6.03 Å². The SMILES string of the molecule is CCC1(CC)C(=O)N(C(=O)NCCCCc2ccc(C)cc2)[C@H]1Oc1ccc(C(=O)Cl)cc1. The smallest absolute Gasteiger partial charge is 0.327 e. The summed E-state index contributed by atoms with van der Waals surface area (Å²) in [4.78, 5) is 38.2. The van der Waals surface area contributed by atoms with E-state index in [-0.39, 0.29) is 5.91 Å². The quantitative estimate of drug-likeness (QED) is 0.284. The lowest BCUT2D eigenvalue weighted by Crippen LogP contribution is -2.73. The standard InChI is InChI=1S/C26H31ClN2O4/c1-4-26(5-2)23(31)29(24(26)33-21-15-13-20(14-16-21)22(27)30)25(32)28-17-7-6-8-19-11-9-18(3)10-12-19/h9-16,24H,4-8,17H2,1-3H3,(H,28,32)/t24-/m0/s1. The van der Waals surface area contributed by atoms with Gasteiger partial charge in [0.25, 0.3) is 5.24 Å². The Bertz CT molecular complexity index is 984. The molecule has 6 nitrogen and oxygen atoms in total. The minimum atomic E-state index is -0.746. The first-order chi connectivity index (χ1) is 15.8. The van der Waals surface area contributed by atoms with Gasteiger partial charge in [-0.05, 0) is 80.5 Å². The molecule has 1 aliphatic heterocycles. The number of unbranched alkanes of at least 4 members (excludes halogenated alkanes) is 1. The number of rotatable bonds is 10. The van der Waals surface area contributed by atoms with Crippen LogP contribution >= 0.6 is 11.6 Å². The summed E-state index contributed by atoms with van der Waals surface area (Å²) >= 11 is 5.50. The van der Waals surface area contributed by atoms with E-state index in [1.54, 1.807) is 24.3 Å². The molecule has 0 spiro atoms. The van der Waals surface area contributed by atoms with Crippen molar-refractivity contribution in [1.82, 2.24) is 10.2 Å². The second-order valence-electron chi connectivity index (χ2n) is 8.48. The van der Waals surface area contributed by atoms with Gasteiger partial charge in [-0.2, -0.15) is 0 Å². The van der Waals surface area contributed by atoms with Gasteiger partial charge in [0.05, 0.1) is 0 Å². The van der Waals surface area contributed by atoms with E-state index < -0.39 is 22.9 Å². The average molecular weight is 471 g/mol. The van der Waals surface area contributed by atoms with Gasteiger partial charge in [0, 0.05) is 12.1 Å². The highest BCUT2D eigenvalue weighted by atomic mass is 35.5. The molecule has 0 unspecified atom stereocenters. The number of likely N-dealkylation sites (tertiary alicyclic amines) is 1. The van der Waals surface area contributed by atoms with Crippen molar-refractivity contribution in [3.05, 3.63) is 65.2 Å². The van der Waals surface area contributed by atoms with E-state index in [0.717, 1.165) is 19.3 Å². The first-order valence-corrected chi connectivity index (χ1v) is 11.8. The van der Waals surface area contributed by atoms with Crippen LogP contribution in [0, 0.1) is 12.3 Å². The molecule has 0 bridgehead atoms. The molecule has 3 rings (SSSR count). The fraction of sp³-hybridized carbons (Fsp3) is 0.423. The van der Waals surface area contributed by atoms with Crippen LogP contribution < -0.4 is 10.1 Å². The summed E-state index contributed by atoms with van der Waals surface area (Å²) in [5, 5.41) is 2.30. The normalized spacial score (nSPS) is 16.8. The topological polar surface area (TPSA) is 75.7 Å². The van der Waals surface area contributed by atoms with Crippen molar-refractivity contribution in [3.8, 4) is 5.75 Å². The van der Waals surface area contributed by atoms with Gasteiger partial charge in [-0.3, -0.25) is 9.59 Å². The van der Waals surface area contributed by atoms with Crippen LogP contribution in [-0.4, -0.2) is 34.9 Å². The summed E-state index contributed by atoms with van der Waals surface area (Å²) in [6.45, 7) is 6.40. The van der Waals surface area contributed by atoms with Crippen molar-refractivity contribution in [2.75, 3.05) is 6.54 Å². The number of carbonyl (C=O) groups excluding carboxylic acids is 3. The van der Waals surface area contributed by atoms with Gasteiger partial charge in [0.1, 0.15) is 11.2 Å². The Morgan fingerprint density at radius 2 is 1.67 bits per heavy atom. The lowest BCUT2D eigenvalue weighted by molar-refractivity contribution is -0.190. The third kappa shape index (κ3) is 5.38. The molecular formula is C26H31ClN2O4. The average Bonchev–Trinajstić information content (AvgIpc) is 2.81. The van der Waals surface area contributed by atoms with E-state index in [9.17, 15) is 14.4 Å². The van der Waals surface area contributed by atoms with Crippen molar-refractivity contribution in [3.63, 3.8) is 0 Å². The van der Waals surface area contributed by atoms with Crippen molar-refractivity contribution in [1.29, 1.82) is 0 Å². The number of aryl methyl sites for hydroxylation is 2. The second-order valence-corrected chi connectivity index (χ2v) is 8.82. The minimum Gasteiger partial charge on any atom is -0.469 e. The number of nitrogens with zero attached hydrogens (tertiary/aromatic N) is 1. The zero-order valence-electron chi connectivity index (χ0n) is 19.4. The molecule has 2 aromatic carbocycles. The Hall–Kier alpha value is -2.86. The first-order valence-electron chi connectivity index (χ1n) is 11.5. The van der Waals surface area contributed by atoms with Crippen molar-refractivity contribution in [2.24, 2.45) is 5.41 Å². The summed E-state index contributed by atoms with van der Waals surface area (Å²) in [6, 6.07) is 14.4. The molecule has 0 saturated carbocycles. The molecule has 0 aromatic heterocycles. The van der Waals surface area contributed by atoms with E-state index >= 15 is 0 Å². The van der Waals surface area contributed by atoms with Crippen LogP contribution in [0.4, 0.5) is 4.79 Å². The maximum absolute atomic E-state index is 13.0. The van der Waals surface area contributed by atoms with Crippen LogP contribution in [0.3, 0.4) is 0 Å². The van der Waals surface area contributed by atoms with Crippen molar-refractivity contribution >= 4 is 28.8 Å². The first kappa shape index (κ1) is 24.8. The van der Waals surface area contributed by atoms with Crippen LogP contribution in [0.25, 0.3) is 0 Å². The van der Waals surface area contributed by atoms with E-state index in [2.05, 4.69) is 36.5 Å². The molecule has 1 aliphatic rings. The number of hydrogen-bond acceptors (Lipinski definition) is 4. The fourth-order valence-corrected chi connectivity index (χ4v) is 4.31. The van der Waals surface area contributed by atoms with Gasteiger partial charge < -0.3 is 10.1 Å². The number of urea groups is 1. The van der Waals surface area contributed by atoms with Crippen LogP contribution in [0.5, 0.6) is 5.75 Å². The predicted molar refractivity (Wildman–Crippen MR) is 128 cm³/mol. The summed E-state index contributed by atoms with van der Waals surface area (Å²) in [5.41, 5.74) is 2.12. The lowest BCUT2D eigenvalue weighted by atomic mass is 9.72. The second kappa shape index (κ2) is 10.8. The van der Waals surface area contributed by atoms with Crippen LogP contribution in [0.2, 0.25) is 0 Å². The zero-order valence-corrected chi connectivity index (χ0v) is 20.2. The van der Waals surface area contributed by atoms with Crippen LogP contribution in [0.15, 0.2) is 48.5 Å². The molecule has 1 fully saturated rings. The Balaban J connectivity index is 1.58. The molecule has 1 atom stereocenters. The number of amides is 3. The number of benzene rings is 2. The summed E-state index contributed by atoms with van der Waals surface area (Å²) in [7, 11) is 0. The lowest BCUT2D eigenvalue weighted by Gasteiger charge is -2.53. The summed E-state index contributed by atoms with van der Waals surface area (Å²) in [6.07, 6.45) is 3.12. The largest absolute Gasteiger partial charge is 0.469 e. The Kier molecular flexibility index (Phi) is 8.14. The van der Waals surface area contributed by atoms with Gasteiger partial charge in [-0.1, -0.05) is 43.7 Å². The maximum atomic E-state index is 13.0. The predicted octanol–water partition coefficient (Wildman–Crippen LogP) is 5.46. The van der Waals surface area contributed by atoms with E-state index in [1.165, 1.54) is 16.0 Å². The summed E-state index contributed by atoms with van der Waals surface area (Å²) in [5.74, 6) is 0.249. The Labute approximate surface area is 200 Å². The highest BCUT2D eigenvalue weighted by molar-refractivity contribution is 6.67. The molecule has 1 N–H and O–H groups in total. The number of imide groups is 1. The molecule has 1 heterocycles. The molecular weight excluding hydrogens is 440 g/mol. The van der Waals surface area contributed by atoms with E-state index in [0.29, 0.717) is 30.7 Å². The number of ether oxygens (including phenoxy) is 1. The molecule has 33 heavy (non-hydrogen) atoms.